The van der Waals surface area contributed by atoms with E-state index in [0.29, 0.717) is 5.56 Å². The van der Waals surface area contributed by atoms with Crippen LogP contribution in [0.15, 0.2) is 54.7 Å². The molecular formula is C54H81N13O14. The van der Waals surface area contributed by atoms with Crippen molar-refractivity contribution < 1.29 is 68.1 Å². The lowest BCUT2D eigenvalue weighted by Crippen LogP contribution is -2.61. The molecule has 2 aromatic carbocycles. The molecule has 0 spiro atoms. The first-order valence-electron chi connectivity index (χ1n) is 26.6. The summed E-state index contributed by atoms with van der Waals surface area (Å²) < 4.78 is 0. The van der Waals surface area contributed by atoms with Gasteiger partial charge in [0.25, 0.3) is 0 Å². The first-order chi connectivity index (χ1) is 38.0. The van der Waals surface area contributed by atoms with E-state index in [9.17, 15) is 68.1 Å². The van der Waals surface area contributed by atoms with Crippen molar-refractivity contribution in [2.24, 2.45) is 35.0 Å². The third-order valence-electron chi connectivity index (χ3n) is 12.6. The highest BCUT2D eigenvalue weighted by molar-refractivity contribution is 5.99. The highest BCUT2D eigenvalue weighted by atomic mass is 16.3. The van der Waals surface area contributed by atoms with E-state index in [-0.39, 0.29) is 55.6 Å². The summed E-state index contributed by atoms with van der Waals surface area (Å²) in [5.74, 6) is -10.7. The molecule has 1 heterocycles. The van der Waals surface area contributed by atoms with Gasteiger partial charge in [0.15, 0.2) is 0 Å². The van der Waals surface area contributed by atoms with E-state index in [1.807, 2.05) is 52.0 Å². The van der Waals surface area contributed by atoms with Crippen LogP contribution in [0.5, 0.6) is 5.75 Å². The summed E-state index contributed by atoms with van der Waals surface area (Å²) >= 11 is 0. The van der Waals surface area contributed by atoms with Gasteiger partial charge in [-0.3, -0.25) is 52.7 Å². The van der Waals surface area contributed by atoms with Crippen molar-refractivity contribution in [1.82, 2.24) is 52.8 Å². The Hall–Kier alpha value is -8.17. The fourth-order valence-electron chi connectivity index (χ4n) is 8.40. The number of para-hydroxylation sites is 1. The molecule has 3 aromatic rings. The van der Waals surface area contributed by atoms with Crippen molar-refractivity contribution in [3.05, 3.63) is 65.9 Å². The number of H-pyrrole nitrogens is 1. The summed E-state index contributed by atoms with van der Waals surface area (Å²) in [6.07, 6.45) is -0.363. The number of primary amides is 2. The Labute approximate surface area is 469 Å². The molecule has 10 atom stereocenters. The summed E-state index contributed by atoms with van der Waals surface area (Å²) in [7, 11) is 0. The molecule has 0 unspecified atom stereocenters. The lowest BCUT2D eigenvalue weighted by Gasteiger charge is -2.28. The predicted octanol–water partition coefficient (Wildman–Crippen LogP) is -3.13. The lowest BCUT2D eigenvalue weighted by molar-refractivity contribution is -0.137. The molecule has 11 amide bonds. The lowest BCUT2D eigenvalue weighted by atomic mass is 9.99. The maximum absolute atomic E-state index is 13.9. The van der Waals surface area contributed by atoms with Crippen molar-refractivity contribution in [3.8, 4) is 5.75 Å². The van der Waals surface area contributed by atoms with E-state index >= 15 is 0 Å². The van der Waals surface area contributed by atoms with Crippen molar-refractivity contribution in [2.75, 3.05) is 13.2 Å². The smallest absolute Gasteiger partial charge is 0.245 e. The molecule has 0 saturated heterocycles. The van der Waals surface area contributed by atoms with Crippen LogP contribution in [0, 0.1) is 17.8 Å². The van der Waals surface area contributed by atoms with Crippen molar-refractivity contribution >= 4 is 75.9 Å². The van der Waals surface area contributed by atoms with Crippen LogP contribution in [0.3, 0.4) is 0 Å². The molecule has 0 aliphatic heterocycles. The maximum Gasteiger partial charge on any atom is 0.245 e. The van der Waals surface area contributed by atoms with Crippen LogP contribution in [-0.2, 0) is 65.6 Å². The van der Waals surface area contributed by atoms with Crippen LogP contribution in [0.1, 0.15) is 92.2 Å². The molecule has 446 valence electrons. The number of carbonyl (C=O) groups is 11. The zero-order valence-corrected chi connectivity index (χ0v) is 46.9. The van der Waals surface area contributed by atoms with Crippen molar-refractivity contribution in [2.45, 2.75) is 154 Å². The SMILES string of the molecule is CC(C)C[C@H](NC(=O)[C@H](CC(C)C)NC(=O)[C@H](Cc1ccc(O)cc1)NC(=O)CNC(=O)[C@H](C)NC(=O)[C@H](CO)NC(=O)[C@H](CC(N)=O)NC(=O)[C@H](CC(C)C)NC(=O)[C@@H](NC(=O)[C@@H](N)Cc1c[nH]c2ccccc12)[C@@H](C)O)C(N)=O. The number of aromatic amines is 1. The minimum atomic E-state index is -1.80. The molecule has 0 bridgehead atoms. The minimum absolute atomic E-state index is 0.00865. The van der Waals surface area contributed by atoms with E-state index in [1.165, 1.54) is 38.1 Å². The first kappa shape index (κ1) is 67.1. The molecule has 0 radical (unpaired) electrons. The van der Waals surface area contributed by atoms with Crippen LogP contribution < -0.4 is 65.1 Å². The predicted molar refractivity (Wildman–Crippen MR) is 296 cm³/mol. The molecule has 19 N–H and O–H groups in total. The van der Waals surface area contributed by atoms with E-state index in [0.717, 1.165) is 16.5 Å². The quantitative estimate of drug-likeness (QED) is 0.0287. The minimum Gasteiger partial charge on any atom is -0.508 e. The molecule has 0 aliphatic carbocycles. The summed E-state index contributed by atoms with van der Waals surface area (Å²) in [4.78, 5) is 149. The Morgan fingerprint density at radius 1 is 0.543 bits per heavy atom. The maximum atomic E-state index is 13.9. The standard InChI is InChI=1S/C54H81N13O14/c1-26(2)17-37(46(57)73)62-49(76)38(18-27(3)4)63-51(78)40(20-31-13-15-33(70)16-14-31)61-44(72)24-59-47(74)29(7)60-53(80)42(25-68)66-52(79)41(22-43(56)71)64-50(77)39(19-28(5)6)65-54(81)45(30(8)69)67-48(75)35(55)21-32-23-58-36-12-10-9-11-34(32)36/h9-16,23,26-30,35,37-42,45,58,68-70H,17-22,24-25,55H2,1-8H3,(H2,56,71)(H2,57,73)(H,59,74)(H,60,80)(H,61,72)(H,62,76)(H,63,78)(H,64,77)(H,65,81)(H,66,79)(H,67,75)/t29-,30+,35-,37-,38-,39-,40-,41-,42-,45-/m0/s1. The van der Waals surface area contributed by atoms with Gasteiger partial charge < -0.3 is 85.4 Å². The second-order valence-corrected chi connectivity index (χ2v) is 21.3. The van der Waals surface area contributed by atoms with Crippen molar-refractivity contribution in [3.63, 3.8) is 0 Å². The van der Waals surface area contributed by atoms with Crippen LogP contribution >= 0.6 is 0 Å². The third-order valence-corrected chi connectivity index (χ3v) is 12.6. The molecule has 81 heavy (non-hydrogen) atoms. The van der Waals surface area contributed by atoms with E-state index < -0.39 is 145 Å². The first-order valence-corrected chi connectivity index (χ1v) is 26.6. The topological polar surface area (TPSA) is 451 Å². The molecule has 0 aliphatic rings. The number of nitrogens with two attached hydrogens (primary N) is 3. The van der Waals surface area contributed by atoms with Crippen LogP contribution in [0.4, 0.5) is 0 Å². The van der Waals surface area contributed by atoms with Gasteiger partial charge in [-0.15, -0.1) is 0 Å². The van der Waals surface area contributed by atoms with Crippen LogP contribution in [-0.4, -0.2) is 159 Å². The second kappa shape index (κ2) is 32.2. The van der Waals surface area contributed by atoms with Gasteiger partial charge in [-0.05, 0) is 86.6 Å². The van der Waals surface area contributed by atoms with Crippen LogP contribution in [0.2, 0.25) is 0 Å². The Morgan fingerprint density at radius 2 is 1.04 bits per heavy atom. The summed E-state index contributed by atoms with van der Waals surface area (Å²) in [6, 6.07) is 0.322. The largest absolute Gasteiger partial charge is 0.508 e. The number of benzene rings is 2. The number of hydrogen-bond donors (Lipinski definition) is 16. The number of amides is 11. The monoisotopic (exact) mass is 1140 g/mol. The van der Waals surface area contributed by atoms with E-state index in [4.69, 9.17) is 17.2 Å². The second-order valence-electron chi connectivity index (χ2n) is 21.3. The zero-order valence-electron chi connectivity index (χ0n) is 46.9. The van der Waals surface area contributed by atoms with Gasteiger partial charge in [-0.1, -0.05) is 71.9 Å². The van der Waals surface area contributed by atoms with Gasteiger partial charge in [0.05, 0.1) is 31.7 Å². The number of aromatic nitrogens is 1. The number of aromatic hydroxyl groups is 1. The molecule has 0 saturated carbocycles. The van der Waals surface area contributed by atoms with Gasteiger partial charge in [0, 0.05) is 23.5 Å². The highest BCUT2D eigenvalue weighted by Crippen LogP contribution is 2.19. The number of phenols is 1. The number of hydrogen-bond acceptors (Lipinski definition) is 15. The van der Waals surface area contributed by atoms with Gasteiger partial charge in [0.1, 0.15) is 54.1 Å². The molecular weight excluding hydrogens is 1050 g/mol. The van der Waals surface area contributed by atoms with Gasteiger partial charge in [-0.2, -0.15) is 0 Å². The fraction of sp³-hybridized carbons (Fsp3) is 0.537. The summed E-state index contributed by atoms with van der Waals surface area (Å²) in [6.45, 7) is 11.3. The molecule has 0 fully saturated rings. The van der Waals surface area contributed by atoms with E-state index in [1.54, 1.807) is 20.0 Å². The summed E-state index contributed by atoms with van der Waals surface area (Å²) in [5, 5.41) is 53.2. The van der Waals surface area contributed by atoms with Gasteiger partial charge in [0.2, 0.25) is 65.0 Å². The number of fused-ring (bicyclic) bond motifs is 1. The third kappa shape index (κ3) is 22.5. The fourth-order valence-corrected chi connectivity index (χ4v) is 8.40. The van der Waals surface area contributed by atoms with Crippen LogP contribution in [0.25, 0.3) is 10.9 Å². The Kier molecular flexibility index (Phi) is 26.7. The number of phenolic OH excluding ortho intramolecular Hbond substituents is 1. The normalized spacial score (nSPS) is 15.0. The molecule has 3 rings (SSSR count). The van der Waals surface area contributed by atoms with Gasteiger partial charge in [-0.25, -0.2) is 0 Å². The number of aliphatic hydroxyl groups excluding tert-OH is 2. The number of aliphatic hydroxyl groups is 2. The number of carbonyl (C=O) groups excluding carboxylic acids is 11. The van der Waals surface area contributed by atoms with Crippen molar-refractivity contribution in [1.29, 1.82) is 0 Å². The molecule has 27 nitrogen and oxygen atoms in total. The Balaban J connectivity index is 1.67. The van der Waals surface area contributed by atoms with E-state index in [2.05, 4.69) is 52.8 Å². The van der Waals surface area contributed by atoms with Gasteiger partial charge >= 0.3 is 0 Å². The number of rotatable bonds is 33. The average molecular weight is 1140 g/mol. The zero-order chi connectivity index (χ0) is 60.8. The Bertz CT molecular complexity index is 2680. The summed E-state index contributed by atoms with van der Waals surface area (Å²) in [5.41, 5.74) is 19.2. The molecule has 27 heteroatoms. The average Bonchev–Trinajstić information content (AvgIpc) is 3.80. The number of nitrogens with one attached hydrogen (secondary N) is 10. The Morgan fingerprint density at radius 3 is 1.58 bits per heavy atom. The molecule has 1 aromatic heterocycles. The highest BCUT2D eigenvalue weighted by Gasteiger charge is 2.36.